The Labute approximate surface area is 192 Å². The molecule has 3 aromatic rings. The van der Waals surface area contributed by atoms with Crippen LogP contribution in [-0.2, 0) is 21.2 Å². The summed E-state index contributed by atoms with van der Waals surface area (Å²) in [6.45, 7) is 0.564. The van der Waals surface area contributed by atoms with Crippen LogP contribution in [0.2, 0.25) is 0 Å². The van der Waals surface area contributed by atoms with Gasteiger partial charge >= 0.3 is 0 Å². The molecule has 8 heteroatoms. The third kappa shape index (κ3) is 4.32. The summed E-state index contributed by atoms with van der Waals surface area (Å²) in [4.78, 5) is 27.5. The lowest BCUT2D eigenvalue weighted by atomic mass is 9.87. The Hall–Kier alpha value is -2.97. The molecular weight excluding hydrogens is 438 g/mol. The van der Waals surface area contributed by atoms with Gasteiger partial charge < -0.3 is 10.3 Å². The molecule has 5 rings (SSSR count). The summed E-state index contributed by atoms with van der Waals surface area (Å²) < 4.78 is 28.1. The number of aromatic nitrogens is 1. The molecule has 2 N–H and O–H groups in total. The molecule has 2 aromatic carbocycles. The number of nitrogens with one attached hydrogen (secondary N) is 2. The van der Waals surface area contributed by atoms with Crippen LogP contribution < -0.4 is 10.9 Å². The molecule has 1 amide bonds. The largest absolute Gasteiger partial charge is 0.349 e. The highest BCUT2D eigenvalue weighted by atomic mass is 32.2. The number of carbonyl (C=O) groups is 1. The minimum absolute atomic E-state index is 0.0166. The molecular formula is C25H27N3O4S. The van der Waals surface area contributed by atoms with Gasteiger partial charge in [0, 0.05) is 24.7 Å². The average molecular weight is 466 g/mol. The van der Waals surface area contributed by atoms with E-state index in [0.29, 0.717) is 30.3 Å². The van der Waals surface area contributed by atoms with Gasteiger partial charge in [0.25, 0.3) is 0 Å². The molecule has 2 atom stereocenters. The van der Waals surface area contributed by atoms with Crippen LogP contribution >= 0.6 is 0 Å². The van der Waals surface area contributed by atoms with E-state index >= 15 is 0 Å². The quantitative estimate of drug-likeness (QED) is 0.618. The Morgan fingerprint density at radius 1 is 1.03 bits per heavy atom. The second-order valence-electron chi connectivity index (χ2n) is 8.93. The molecule has 0 unspecified atom stereocenters. The minimum atomic E-state index is -3.75. The van der Waals surface area contributed by atoms with E-state index in [1.165, 1.54) is 27.6 Å². The molecule has 1 fully saturated rings. The second-order valence-corrected chi connectivity index (χ2v) is 10.9. The van der Waals surface area contributed by atoms with Crippen LogP contribution in [0.4, 0.5) is 0 Å². The molecule has 2 aliphatic rings. The van der Waals surface area contributed by atoms with E-state index in [1.807, 2.05) is 12.1 Å². The lowest BCUT2D eigenvalue weighted by molar-refractivity contribution is -0.127. The van der Waals surface area contributed by atoms with Crippen molar-refractivity contribution in [1.82, 2.24) is 14.6 Å². The molecule has 0 bridgehead atoms. The maximum absolute atomic E-state index is 13.3. The Bertz CT molecular complexity index is 1370. The zero-order valence-corrected chi connectivity index (χ0v) is 19.1. The molecule has 33 heavy (non-hydrogen) atoms. The molecule has 0 radical (unpaired) electrons. The van der Waals surface area contributed by atoms with Crippen molar-refractivity contribution < 1.29 is 13.2 Å². The summed E-state index contributed by atoms with van der Waals surface area (Å²) in [6.07, 6.45) is 4.26. The lowest BCUT2D eigenvalue weighted by Crippen LogP contribution is -2.46. The van der Waals surface area contributed by atoms with Crippen LogP contribution in [0.5, 0.6) is 0 Å². The van der Waals surface area contributed by atoms with Gasteiger partial charge in [-0.15, -0.1) is 0 Å². The predicted octanol–water partition coefficient (Wildman–Crippen LogP) is 3.12. The van der Waals surface area contributed by atoms with Gasteiger partial charge in [-0.25, -0.2) is 8.42 Å². The Morgan fingerprint density at radius 2 is 1.88 bits per heavy atom. The SMILES string of the molecule is O=C(N[C@@H]1CCCc2ccccc21)[C@H]1CCCN(S(=O)(=O)c2ccc3[nH]c(=O)ccc3c2)C1. The number of nitrogens with zero attached hydrogens (tertiary/aromatic N) is 1. The van der Waals surface area contributed by atoms with Crippen LogP contribution in [0.15, 0.2) is 64.3 Å². The topological polar surface area (TPSA) is 99.3 Å². The highest BCUT2D eigenvalue weighted by molar-refractivity contribution is 7.89. The molecule has 7 nitrogen and oxygen atoms in total. The normalized spacial score (nSPS) is 21.5. The van der Waals surface area contributed by atoms with E-state index in [-0.39, 0.29) is 34.9 Å². The van der Waals surface area contributed by atoms with Crippen molar-refractivity contribution in [2.45, 2.75) is 43.0 Å². The smallest absolute Gasteiger partial charge is 0.248 e. The average Bonchev–Trinajstić information content (AvgIpc) is 2.84. The second kappa shape index (κ2) is 8.76. The van der Waals surface area contributed by atoms with Crippen LogP contribution in [-0.4, -0.2) is 36.7 Å². The number of H-pyrrole nitrogens is 1. The van der Waals surface area contributed by atoms with Gasteiger partial charge in [0.2, 0.25) is 21.5 Å². The summed E-state index contributed by atoms with van der Waals surface area (Å²) in [5.41, 5.74) is 2.81. The molecule has 2 heterocycles. The zero-order chi connectivity index (χ0) is 23.0. The maximum atomic E-state index is 13.3. The van der Waals surface area contributed by atoms with Crippen LogP contribution in [0.3, 0.4) is 0 Å². The zero-order valence-electron chi connectivity index (χ0n) is 18.3. The van der Waals surface area contributed by atoms with Crippen LogP contribution in [0, 0.1) is 5.92 Å². The molecule has 172 valence electrons. The van der Waals surface area contributed by atoms with Crippen molar-refractivity contribution in [3.8, 4) is 0 Å². The van der Waals surface area contributed by atoms with Crippen LogP contribution in [0.1, 0.15) is 42.9 Å². The molecule has 1 aliphatic carbocycles. The molecule has 1 aromatic heterocycles. The number of sulfonamides is 1. The van der Waals surface area contributed by atoms with Gasteiger partial charge in [0.15, 0.2) is 0 Å². The fourth-order valence-corrected chi connectivity index (χ4v) is 6.57. The summed E-state index contributed by atoms with van der Waals surface area (Å²) in [6, 6.07) is 15.9. The first-order valence-corrected chi connectivity index (χ1v) is 12.9. The molecule has 0 saturated carbocycles. The molecule has 1 saturated heterocycles. The number of hydrogen-bond donors (Lipinski definition) is 2. The van der Waals surface area contributed by atoms with Gasteiger partial charge in [0.05, 0.1) is 16.9 Å². The number of hydrogen-bond acceptors (Lipinski definition) is 4. The third-order valence-corrected chi connectivity index (χ3v) is 8.63. The predicted molar refractivity (Wildman–Crippen MR) is 126 cm³/mol. The van der Waals surface area contributed by atoms with Crippen LogP contribution in [0.25, 0.3) is 10.9 Å². The van der Waals surface area contributed by atoms with Crippen molar-refractivity contribution in [1.29, 1.82) is 0 Å². The van der Waals surface area contributed by atoms with E-state index < -0.39 is 10.0 Å². The summed E-state index contributed by atoms with van der Waals surface area (Å²) in [5.74, 6) is -0.452. The Morgan fingerprint density at radius 3 is 2.76 bits per heavy atom. The lowest BCUT2D eigenvalue weighted by Gasteiger charge is -2.33. The number of benzene rings is 2. The number of carbonyl (C=O) groups excluding carboxylic acids is 1. The van der Waals surface area contributed by atoms with Gasteiger partial charge in [-0.1, -0.05) is 24.3 Å². The number of rotatable bonds is 4. The molecule has 0 spiro atoms. The van der Waals surface area contributed by atoms with E-state index in [4.69, 9.17) is 0 Å². The van der Waals surface area contributed by atoms with E-state index in [2.05, 4.69) is 22.4 Å². The first-order valence-electron chi connectivity index (χ1n) is 11.4. The van der Waals surface area contributed by atoms with Crippen molar-refractivity contribution in [3.63, 3.8) is 0 Å². The van der Waals surface area contributed by atoms with Gasteiger partial charge in [0.1, 0.15) is 0 Å². The maximum Gasteiger partial charge on any atom is 0.248 e. The first-order chi connectivity index (χ1) is 15.9. The Balaban J connectivity index is 1.33. The summed E-state index contributed by atoms with van der Waals surface area (Å²) >= 11 is 0. The van der Waals surface area contributed by atoms with E-state index in [1.54, 1.807) is 18.2 Å². The highest BCUT2D eigenvalue weighted by Crippen LogP contribution is 2.31. The number of fused-ring (bicyclic) bond motifs is 2. The number of amides is 1. The minimum Gasteiger partial charge on any atom is -0.349 e. The van der Waals surface area contributed by atoms with Gasteiger partial charge in [-0.2, -0.15) is 4.31 Å². The number of piperidine rings is 1. The summed E-state index contributed by atoms with van der Waals surface area (Å²) in [7, 11) is -3.75. The van der Waals surface area contributed by atoms with Crippen molar-refractivity contribution >= 4 is 26.8 Å². The molecule has 1 aliphatic heterocycles. The van der Waals surface area contributed by atoms with E-state index in [9.17, 15) is 18.0 Å². The Kier molecular flexibility index (Phi) is 5.80. The first kappa shape index (κ1) is 21.9. The number of aromatic amines is 1. The summed E-state index contributed by atoms with van der Waals surface area (Å²) in [5, 5.41) is 3.84. The standard InChI is InChI=1S/C25H27N3O4S/c29-24-13-10-18-15-20(11-12-22(18)26-24)33(31,32)28-14-4-7-19(16-28)25(30)27-23-9-3-6-17-5-1-2-8-21(17)23/h1-2,5,8,10-13,15,19,23H,3-4,6-7,9,14,16H2,(H,26,29)(H,27,30)/t19-,23+/m0/s1. The van der Waals surface area contributed by atoms with Gasteiger partial charge in [-0.3, -0.25) is 9.59 Å². The van der Waals surface area contributed by atoms with Gasteiger partial charge in [-0.05, 0) is 72.9 Å². The number of pyridine rings is 1. The van der Waals surface area contributed by atoms with Crippen molar-refractivity contribution in [2.75, 3.05) is 13.1 Å². The third-order valence-electron chi connectivity index (χ3n) is 6.77. The van der Waals surface area contributed by atoms with Crippen molar-refractivity contribution in [3.05, 3.63) is 76.1 Å². The fraction of sp³-hybridized carbons (Fsp3) is 0.360. The fourth-order valence-electron chi connectivity index (χ4n) is 5.01. The monoisotopic (exact) mass is 465 g/mol. The highest BCUT2D eigenvalue weighted by Gasteiger charge is 2.34. The number of aryl methyl sites for hydroxylation is 1. The van der Waals surface area contributed by atoms with Crippen molar-refractivity contribution in [2.24, 2.45) is 5.92 Å². The van der Waals surface area contributed by atoms with E-state index in [0.717, 1.165) is 19.3 Å².